The number of aliphatic hydroxyl groups is 1. The predicted octanol–water partition coefficient (Wildman–Crippen LogP) is 6.27. The number of rotatable bonds is 5. The number of carbonyl (C=O) groups excluding carboxylic acids is 2. The summed E-state index contributed by atoms with van der Waals surface area (Å²) in [4.78, 5) is 31.4. The van der Waals surface area contributed by atoms with Crippen LogP contribution in [0.3, 0.4) is 0 Å². The van der Waals surface area contributed by atoms with Crippen molar-refractivity contribution in [1.82, 2.24) is 9.88 Å². The Morgan fingerprint density at radius 3 is 2.32 bits per heavy atom. The molecule has 4 aromatic rings. The molecule has 1 saturated heterocycles. The fraction of sp³-hybridized carbons (Fsp3) is 0.226. The number of carbonyl (C=O) groups is 2. The standard InChI is InChI=1S/C31H29FN2O3/c1-31(2,3)22-12-8-19(9-13-22)27-26(28(35)20-10-14-23(32)15-11-20)29(36)30(37)34(27)17-16-21-18-33-25-7-5-4-6-24(21)25/h4-15,18,27,33,35H,16-17H2,1-3H3/t27-/m1/s1. The average Bonchev–Trinajstić information content (AvgIpc) is 3.41. The third kappa shape index (κ3) is 4.55. The van der Waals surface area contributed by atoms with Crippen LogP contribution < -0.4 is 0 Å². The van der Waals surface area contributed by atoms with E-state index in [0.29, 0.717) is 6.42 Å². The number of halogens is 1. The Morgan fingerprint density at radius 1 is 0.973 bits per heavy atom. The maximum Gasteiger partial charge on any atom is 0.295 e. The van der Waals surface area contributed by atoms with Crippen molar-refractivity contribution in [3.05, 3.63) is 113 Å². The van der Waals surface area contributed by atoms with Crippen molar-refractivity contribution in [1.29, 1.82) is 0 Å². The largest absolute Gasteiger partial charge is 0.507 e. The maximum absolute atomic E-state index is 13.5. The van der Waals surface area contributed by atoms with E-state index in [1.807, 2.05) is 54.7 Å². The number of nitrogens with one attached hydrogen (secondary N) is 1. The van der Waals surface area contributed by atoms with Crippen LogP contribution in [0.25, 0.3) is 16.7 Å². The number of nitrogens with zero attached hydrogens (tertiary/aromatic N) is 1. The van der Waals surface area contributed by atoms with Gasteiger partial charge in [0.1, 0.15) is 11.6 Å². The second-order valence-electron chi connectivity index (χ2n) is 10.5. The molecule has 0 aliphatic carbocycles. The summed E-state index contributed by atoms with van der Waals surface area (Å²) in [5.74, 6) is -2.16. The van der Waals surface area contributed by atoms with Crippen molar-refractivity contribution in [2.45, 2.75) is 38.6 Å². The minimum absolute atomic E-state index is 0.0130. The third-order valence-electron chi connectivity index (χ3n) is 7.05. The summed E-state index contributed by atoms with van der Waals surface area (Å²) in [6.45, 7) is 6.63. The van der Waals surface area contributed by atoms with Gasteiger partial charge in [0.15, 0.2) is 0 Å². The quantitative estimate of drug-likeness (QED) is 0.194. The van der Waals surface area contributed by atoms with E-state index < -0.39 is 23.5 Å². The van der Waals surface area contributed by atoms with Gasteiger partial charge < -0.3 is 15.0 Å². The maximum atomic E-state index is 13.5. The van der Waals surface area contributed by atoms with Gasteiger partial charge in [0, 0.05) is 29.2 Å². The first kappa shape index (κ1) is 24.5. The van der Waals surface area contributed by atoms with Gasteiger partial charge in [0.2, 0.25) is 0 Å². The van der Waals surface area contributed by atoms with Crippen LogP contribution in [0, 0.1) is 5.82 Å². The highest BCUT2D eigenvalue weighted by Gasteiger charge is 2.46. The second-order valence-corrected chi connectivity index (χ2v) is 10.5. The summed E-state index contributed by atoms with van der Waals surface area (Å²) < 4.78 is 13.5. The molecule has 1 amide bonds. The minimum atomic E-state index is -0.760. The van der Waals surface area contributed by atoms with E-state index in [9.17, 15) is 19.1 Å². The molecule has 1 aliphatic heterocycles. The molecule has 0 radical (unpaired) electrons. The molecular weight excluding hydrogens is 467 g/mol. The van der Waals surface area contributed by atoms with Crippen LogP contribution in [0.2, 0.25) is 0 Å². The Labute approximate surface area is 215 Å². The molecule has 1 fully saturated rings. The SMILES string of the molecule is CC(C)(C)c1ccc([C@@H]2C(=C(O)c3ccc(F)cc3)C(=O)C(=O)N2CCc2c[nH]c3ccccc23)cc1. The summed E-state index contributed by atoms with van der Waals surface area (Å²) >= 11 is 0. The lowest BCUT2D eigenvalue weighted by molar-refractivity contribution is -0.139. The summed E-state index contributed by atoms with van der Waals surface area (Å²) in [6.07, 6.45) is 2.46. The normalized spacial score (nSPS) is 17.6. The molecule has 1 atom stereocenters. The summed E-state index contributed by atoms with van der Waals surface area (Å²) in [5, 5.41) is 12.2. The predicted molar refractivity (Wildman–Crippen MR) is 143 cm³/mol. The van der Waals surface area contributed by atoms with Crippen molar-refractivity contribution >= 4 is 28.4 Å². The number of aliphatic hydroxyl groups excluding tert-OH is 1. The van der Waals surface area contributed by atoms with Gasteiger partial charge in [-0.05, 0) is 58.9 Å². The first-order valence-electron chi connectivity index (χ1n) is 12.3. The lowest BCUT2D eigenvalue weighted by atomic mass is 9.85. The van der Waals surface area contributed by atoms with Crippen molar-refractivity contribution in [2.75, 3.05) is 6.54 Å². The average molecular weight is 497 g/mol. The molecule has 5 rings (SSSR count). The number of ketones is 1. The molecule has 188 valence electrons. The van der Waals surface area contributed by atoms with Crippen molar-refractivity contribution in [3.8, 4) is 0 Å². The highest BCUT2D eigenvalue weighted by Crippen LogP contribution is 2.40. The first-order chi connectivity index (χ1) is 17.6. The number of hydrogen-bond donors (Lipinski definition) is 2. The Bertz CT molecular complexity index is 1510. The summed E-state index contributed by atoms with van der Waals surface area (Å²) in [6, 6.07) is 20.2. The van der Waals surface area contributed by atoms with E-state index >= 15 is 0 Å². The number of Topliss-reactive ketones (excluding diaryl/α,β-unsaturated/α-hetero) is 1. The molecule has 1 aliphatic rings. The van der Waals surface area contributed by atoms with Crippen LogP contribution >= 0.6 is 0 Å². The summed E-state index contributed by atoms with van der Waals surface area (Å²) in [5.41, 5.74) is 4.12. The van der Waals surface area contributed by atoms with Crippen LogP contribution in [-0.2, 0) is 21.4 Å². The van der Waals surface area contributed by atoms with E-state index in [2.05, 4.69) is 25.8 Å². The van der Waals surface area contributed by atoms with Crippen molar-refractivity contribution < 1.29 is 19.1 Å². The molecular formula is C31H29FN2O3. The Hall–Kier alpha value is -4.19. The molecule has 2 heterocycles. The van der Waals surface area contributed by atoms with E-state index in [0.717, 1.165) is 27.6 Å². The van der Waals surface area contributed by atoms with E-state index in [4.69, 9.17) is 0 Å². The molecule has 1 aromatic heterocycles. The van der Waals surface area contributed by atoms with E-state index in [1.165, 1.54) is 29.2 Å². The molecule has 0 bridgehead atoms. The topological polar surface area (TPSA) is 73.4 Å². The number of para-hydroxylation sites is 1. The Morgan fingerprint density at radius 2 is 1.65 bits per heavy atom. The van der Waals surface area contributed by atoms with E-state index in [1.54, 1.807) is 0 Å². The molecule has 2 N–H and O–H groups in total. The van der Waals surface area contributed by atoms with Gasteiger partial charge >= 0.3 is 0 Å². The molecule has 37 heavy (non-hydrogen) atoms. The summed E-state index contributed by atoms with van der Waals surface area (Å²) in [7, 11) is 0. The van der Waals surface area contributed by atoms with Crippen LogP contribution in [0.4, 0.5) is 4.39 Å². The van der Waals surface area contributed by atoms with Crippen LogP contribution in [-0.4, -0.2) is 33.2 Å². The molecule has 0 unspecified atom stereocenters. The molecule has 0 saturated carbocycles. The fourth-order valence-corrected chi connectivity index (χ4v) is 4.97. The minimum Gasteiger partial charge on any atom is -0.507 e. The highest BCUT2D eigenvalue weighted by molar-refractivity contribution is 6.46. The van der Waals surface area contributed by atoms with Gasteiger partial charge in [-0.3, -0.25) is 9.59 Å². The smallest absolute Gasteiger partial charge is 0.295 e. The number of fused-ring (bicyclic) bond motifs is 1. The molecule has 6 heteroatoms. The van der Waals surface area contributed by atoms with Crippen LogP contribution in [0.1, 0.15) is 49.1 Å². The Kier molecular flexibility index (Phi) is 6.20. The van der Waals surface area contributed by atoms with Crippen molar-refractivity contribution in [2.24, 2.45) is 0 Å². The zero-order valence-corrected chi connectivity index (χ0v) is 21.1. The lowest BCUT2D eigenvalue weighted by Gasteiger charge is -2.26. The third-order valence-corrected chi connectivity index (χ3v) is 7.05. The highest BCUT2D eigenvalue weighted by atomic mass is 19.1. The fourth-order valence-electron chi connectivity index (χ4n) is 4.97. The van der Waals surface area contributed by atoms with Gasteiger partial charge in [-0.2, -0.15) is 0 Å². The van der Waals surface area contributed by atoms with E-state index in [-0.39, 0.29) is 28.9 Å². The molecule has 0 spiro atoms. The monoisotopic (exact) mass is 496 g/mol. The van der Waals surface area contributed by atoms with Gasteiger partial charge in [-0.15, -0.1) is 0 Å². The number of hydrogen-bond acceptors (Lipinski definition) is 3. The van der Waals surface area contributed by atoms with Gasteiger partial charge in [0.25, 0.3) is 11.7 Å². The van der Waals surface area contributed by atoms with Crippen molar-refractivity contribution in [3.63, 3.8) is 0 Å². The zero-order valence-electron chi connectivity index (χ0n) is 21.1. The number of benzene rings is 3. The van der Waals surface area contributed by atoms with Crippen LogP contribution in [0.5, 0.6) is 0 Å². The zero-order chi connectivity index (χ0) is 26.3. The molecule has 5 nitrogen and oxygen atoms in total. The number of H-pyrrole nitrogens is 1. The molecule has 3 aromatic carbocycles. The number of likely N-dealkylation sites (tertiary alicyclic amines) is 1. The van der Waals surface area contributed by atoms with Gasteiger partial charge in [-0.25, -0.2) is 4.39 Å². The number of aromatic amines is 1. The number of amides is 1. The van der Waals surface area contributed by atoms with Crippen LogP contribution in [0.15, 0.2) is 84.6 Å². The number of aromatic nitrogens is 1. The van der Waals surface area contributed by atoms with Gasteiger partial charge in [-0.1, -0.05) is 63.2 Å². The first-order valence-corrected chi connectivity index (χ1v) is 12.3. The van der Waals surface area contributed by atoms with Gasteiger partial charge in [0.05, 0.1) is 11.6 Å². The lowest BCUT2D eigenvalue weighted by Crippen LogP contribution is -2.31. The second kappa shape index (κ2) is 9.36. The Balaban J connectivity index is 1.57.